The van der Waals surface area contributed by atoms with Gasteiger partial charge in [-0.05, 0) is 37.6 Å². The summed E-state index contributed by atoms with van der Waals surface area (Å²) >= 11 is 0. The summed E-state index contributed by atoms with van der Waals surface area (Å²) in [7, 11) is 0. The predicted octanol–water partition coefficient (Wildman–Crippen LogP) is 2.59. The van der Waals surface area contributed by atoms with Crippen molar-refractivity contribution < 1.29 is 4.52 Å². The normalized spacial score (nSPS) is 17.3. The Hall–Kier alpha value is -0.900. The van der Waals surface area contributed by atoms with E-state index in [0.717, 1.165) is 43.4 Å². The Labute approximate surface area is 110 Å². The molecule has 0 aliphatic heterocycles. The Balaban J connectivity index is 1.86. The molecule has 1 atom stereocenters. The van der Waals surface area contributed by atoms with Gasteiger partial charge in [0.1, 0.15) is 0 Å². The van der Waals surface area contributed by atoms with Crippen LogP contribution >= 0.6 is 0 Å². The SMILES string of the molecule is CCCNC(Cc1nc(CC2CC2)no1)C(C)C. The van der Waals surface area contributed by atoms with Gasteiger partial charge in [0.25, 0.3) is 0 Å². The second kappa shape index (κ2) is 6.32. The second-order valence-electron chi connectivity index (χ2n) is 5.76. The standard InChI is InChI=1S/C14H25N3O/c1-4-7-15-12(10(2)3)9-14-16-13(17-18-14)8-11-5-6-11/h10-12,15H,4-9H2,1-3H3. The molecule has 1 aromatic rings. The average Bonchev–Trinajstić information content (AvgIpc) is 3.03. The van der Waals surface area contributed by atoms with Crippen molar-refractivity contribution in [2.45, 2.75) is 58.9 Å². The third-order valence-electron chi connectivity index (χ3n) is 3.53. The first kappa shape index (κ1) is 13.5. The van der Waals surface area contributed by atoms with Crippen LogP contribution in [0.2, 0.25) is 0 Å². The third-order valence-corrected chi connectivity index (χ3v) is 3.53. The number of hydrogen-bond acceptors (Lipinski definition) is 4. The molecule has 0 spiro atoms. The fourth-order valence-corrected chi connectivity index (χ4v) is 2.10. The summed E-state index contributed by atoms with van der Waals surface area (Å²) in [6.45, 7) is 7.69. The van der Waals surface area contributed by atoms with Crippen LogP contribution in [0.4, 0.5) is 0 Å². The maximum atomic E-state index is 5.35. The molecule has 4 heteroatoms. The number of rotatable bonds is 8. The summed E-state index contributed by atoms with van der Waals surface area (Å²) in [4.78, 5) is 4.50. The number of aromatic nitrogens is 2. The predicted molar refractivity (Wildman–Crippen MR) is 71.3 cm³/mol. The van der Waals surface area contributed by atoms with Gasteiger partial charge in [0.05, 0.1) is 0 Å². The number of nitrogens with zero attached hydrogens (tertiary/aromatic N) is 2. The van der Waals surface area contributed by atoms with E-state index in [0.29, 0.717) is 12.0 Å². The van der Waals surface area contributed by atoms with Crippen molar-refractivity contribution in [1.82, 2.24) is 15.5 Å². The van der Waals surface area contributed by atoms with Gasteiger partial charge in [-0.15, -0.1) is 0 Å². The summed E-state index contributed by atoms with van der Waals surface area (Å²) in [5, 5.41) is 7.63. The van der Waals surface area contributed by atoms with Crippen LogP contribution in [0.15, 0.2) is 4.52 Å². The van der Waals surface area contributed by atoms with Gasteiger partial charge < -0.3 is 9.84 Å². The molecule has 0 aromatic carbocycles. The third kappa shape index (κ3) is 4.09. The number of hydrogen-bond donors (Lipinski definition) is 1. The lowest BCUT2D eigenvalue weighted by atomic mass is 10.0. The van der Waals surface area contributed by atoms with E-state index in [1.807, 2.05) is 0 Å². The molecule has 0 saturated heterocycles. The molecule has 1 N–H and O–H groups in total. The summed E-state index contributed by atoms with van der Waals surface area (Å²) in [6, 6.07) is 0.430. The molecule has 18 heavy (non-hydrogen) atoms. The van der Waals surface area contributed by atoms with Crippen LogP contribution < -0.4 is 5.32 Å². The van der Waals surface area contributed by atoms with Crippen molar-refractivity contribution in [3.8, 4) is 0 Å². The van der Waals surface area contributed by atoms with E-state index >= 15 is 0 Å². The Morgan fingerprint density at radius 3 is 2.78 bits per heavy atom. The van der Waals surface area contributed by atoms with Crippen molar-refractivity contribution in [2.24, 2.45) is 11.8 Å². The molecule has 1 fully saturated rings. The molecule has 0 bridgehead atoms. The summed E-state index contributed by atoms with van der Waals surface area (Å²) in [5.41, 5.74) is 0. The number of nitrogens with one attached hydrogen (secondary N) is 1. The van der Waals surface area contributed by atoms with Gasteiger partial charge in [-0.3, -0.25) is 0 Å². The van der Waals surface area contributed by atoms with Crippen LogP contribution in [0.1, 0.15) is 51.7 Å². The van der Waals surface area contributed by atoms with E-state index in [1.165, 1.54) is 12.8 Å². The lowest BCUT2D eigenvalue weighted by Gasteiger charge is -2.20. The molecule has 0 radical (unpaired) electrons. The van der Waals surface area contributed by atoms with Crippen molar-refractivity contribution in [3.05, 3.63) is 11.7 Å². The molecular formula is C14H25N3O. The van der Waals surface area contributed by atoms with Crippen LogP contribution in [0, 0.1) is 11.8 Å². The van der Waals surface area contributed by atoms with Gasteiger partial charge in [-0.2, -0.15) is 4.98 Å². The quantitative estimate of drug-likeness (QED) is 0.771. The summed E-state index contributed by atoms with van der Waals surface area (Å²) in [6.07, 6.45) is 5.65. The van der Waals surface area contributed by atoms with Crippen molar-refractivity contribution in [2.75, 3.05) is 6.54 Å². The monoisotopic (exact) mass is 251 g/mol. The first-order valence-electron chi connectivity index (χ1n) is 7.23. The zero-order chi connectivity index (χ0) is 13.0. The van der Waals surface area contributed by atoms with Gasteiger partial charge in [-0.25, -0.2) is 0 Å². The molecule has 1 aromatic heterocycles. The van der Waals surface area contributed by atoms with Crippen molar-refractivity contribution in [3.63, 3.8) is 0 Å². The van der Waals surface area contributed by atoms with E-state index in [-0.39, 0.29) is 0 Å². The van der Waals surface area contributed by atoms with Gasteiger partial charge in [0.2, 0.25) is 5.89 Å². The lowest BCUT2D eigenvalue weighted by Crippen LogP contribution is -2.36. The molecule has 1 aliphatic carbocycles. The Kier molecular flexibility index (Phi) is 4.75. The van der Waals surface area contributed by atoms with E-state index < -0.39 is 0 Å². The molecule has 1 heterocycles. The highest BCUT2D eigenvalue weighted by atomic mass is 16.5. The zero-order valence-electron chi connectivity index (χ0n) is 11.8. The molecule has 1 saturated carbocycles. The Bertz CT molecular complexity index is 358. The first-order chi connectivity index (χ1) is 8.69. The fourth-order valence-electron chi connectivity index (χ4n) is 2.10. The smallest absolute Gasteiger partial charge is 0.228 e. The van der Waals surface area contributed by atoms with Crippen LogP contribution in [-0.4, -0.2) is 22.7 Å². The lowest BCUT2D eigenvalue weighted by molar-refractivity contribution is 0.324. The molecule has 1 aliphatic rings. The first-order valence-corrected chi connectivity index (χ1v) is 7.23. The van der Waals surface area contributed by atoms with Crippen LogP contribution in [0.5, 0.6) is 0 Å². The minimum Gasteiger partial charge on any atom is -0.339 e. The summed E-state index contributed by atoms with van der Waals surface area (Å²) < 4.78 is 5.35. The van der Waals surface area contributed by atoms with E-state index in [4.69, 9.17) is 4.52 Å². The zero-order valence-corrected chi connectivity index (χ0v) is 11.8. The Morgan fingerprint density at radius 1 is 1.39 bits per heavy atom. The van der Waals surface area contributed by atoms with Crippen LogP contribution in [0.3, 0.4) is 0 Å². The minimum atomic E-state index is 0.430. The largest absolute Gasteiger partial charge is 0.339 e. The van der Waals surface area contributed by atoms with E-state index in [2.05, 4.69) is 36.2 Å². The van der Waals surface area contributed by atoms with Crippen molar-refractivity contribution in [1.29, 1.82) is 0 Å². The molecule has 0 amide bonds. The highest BCUT2D eigenvalue weighted by Crippen LogP contribution is 2.31. The van der Waals surface area contributed by atoms with Crippen LogP contribution in [-0.2, 0) is 12.8 Å². The summed E-state index contributed by atoms with van der Waals surface area (Å²) in [5.74, 6) is 3.07. The highest BCUT2D eigenvalue weighted by molar-refractivity contribution is 4.94. The average molecular weight is 251 g/mol. The second-order valence-corrected chi connectivity index (χ2v) is 5.76. The fraction of sp³-hybridized carbons (Fsp3) is 0.857. The minimum absolute atomic E-state index is 0.430. The molecule has 102 valence electrons. The molecule has 4 nitrogen and oxygen atoms in total. The van der Waals surface area contributed by atoms with E-state index in [9.17, 15) is 0 Å². The van der Waals surface area contributed by atoms with Crippen LogP contribution in [0.25, 0.3) is 0 Å². The van der Waals surface area contributed by atoms with Crippen molar-refractivity contribution >= 4 is 0 Å². The Morgan fingerprint density at radius 2 is 2.17 bits per heavy atom. The topological polar surface area (TPSA) is 51.0 Å². The van der Waals surface area contributed by atoms with Gasteiger partial charge in [0.15, 0.2) is 5.82 Å². The van der Waals surface area contributed by atoms with Gasteiger partial charge >= 0.3 is 0 Å². The molecule has 1 unspecified atom stereocenters. The highest BCUT2D eigenvalue weighted by Gasteiger charge is 2.24. The maximum absolute atomic E-state index is 5.35. The van der Waals surface area contributed by atoms with Gasteiger partial charge in [0, 0.05) is 18.9 Å². The maximum Gasteiger partial charge on any atom is 0.228 e. The van der Waals surface area contributed by atoms with E-state index in [1.54, 1.807) is 0 Å². The van der Waals surface area contributed by atoms with Gasteiger partial charge in [-0.1, -0.05) is 25.9 Å². The molecular weight excluding hydrogens is 226 g/mol. The molecule has 2 rings (SSSR count).